The minimum absolute atomic E-state index is 0.180. The molecular formula is C14H15BrN2O. The van der Waals surface area contributed by atoms with Gasteiger partial charge in [-0.25, -0.2) is 0 Å². The average Bonchev–Trinajstić information content (AvgIpc) is 2.38. The monoisotopic (exact) mass is 306 g/mol. The molecule has 18 heavy (non-hydrogen) atoms. The molecule has 94 valence electrons. The molecule has 1 aromatic carbocycles. The fourth-order valence-electron chi connectivity index (χ4n) is 1.86. The lowest BCUT2D eigenvalue weighted by Crippen LogP contribution is -2.13. The van der Waals surface area contributed by atoms with Gasteiger partial charge in [-0.3, -0.25) is 4.98 Å². The van der Waals surface area contributed by atoms with Crippen molar-refractivity contribution in [2.45, 2.75) is 13.0 Å². The van der Waals surface area contributed by atoms with Crippen LogP contribution in [0.1, 0.15) is 22.7 Å². The Kier molecular flexibility index (Phi) is 3.99. The summed E-state index contributed by atoms with van der Waals surface area (Å²) < 4.78 is 6.11. The van der Waals surface area contributed by atoms with Crippen LogP contribution in [0.3, 0.4) is 0 Å². The highest BCUT2D eigenvalue weighted by Crippen LogP contribution is 2.30. The van der Waals surface area contributed by atoms with Gasteiger partial charge in [0.15, 0.2) is 0 Å². The Morgan fingerprint density at radius 1 is 1.33 bits per heavy atom. The summed E-state index contributed by atoms with van der Waals surface area (Å²) in [5.74, 6) is 0.800. The summed E-state index contributed by atoms with van der Waals surface area (Å²) in [5, 5.41) is 0. The van der Waals surface area contributed by atoms with E-state index in [4.69, 9.17) is 10.5 Å². The Bertz CT molecular complexity index is 557. The Hall–Kier alpha value is -1.39. The van der Waals surface area contributed by atoms with E-state index in [-0.39, 0.29) is 6.04 Å². The molecule has 0 aliphatic heterocycles. The van der Waals surface area contributed by atoms with E-state index in [1.54, 1.807) is 13.3 Å². The molecular weight excluding hydrogens is 292 g/mol. The van der Waals surface area contributed by atoms with Crippen molar-refractivity contribution in [2.24, 2.45) is 5.73 Å². The largest absolute Gasteiger partial charge is 0.496 e. The predicted octanol–water partition coefficient (Wildman–Crippen LogP) is 3.21. The SMILES string of the molecule is COc1ccc(C(N)c2cnccc2C)cc1Br. The van der Waals surface area contributed by atoms with Crippen LogP contribution in [0, 0.1) is 6.92 Å². The molecule has 1 heterocycles. The van der Waals surface area contributed by atoms with Crippen molar-refractivity contribution in [3.63, 3.8) is 0 Å². The van der Waals surface area contributed by atoms with Crippen molar-refractivity contribution in [1.82, 2.24) is 4.98 Å². The zero-order valence-corrected chi connectivity index (χ0v) is 11.9. The number of aromatic nitrogens is 1. The molecule has 1 unspecified atom stereocenters. The summed E-state index contributed by atoms with van der Waals surface area (Å²) in [6.07, 6.45) is 3.59. The van der Waals surface area contributed by atoms with Crippen molar-refractivity contribution in [3.05, 3.63) is 57.8 Å². The molecule has 4 heteroatoms. The van der Waals surface area contributed by atoms with Crippen molar-refractivity contribution < 1.29 is 4.74 Å². The molecule has 0 aliphatic rings. The lowest BCUT2D eigenvalue weighted by Gasteiger charge is -2.15. The van der Waals surface area contributed by atoms with Crippen LogP contribution in [0.15, 0.2) is 41.1 Å². The van der Waals surface area contributed by atoms with Gasteiger partial charge in [-0.15, -0.1) is 0 Å². The zero-order chi connectivity index (χ0) is 13.1. The Morgan fingerprint density at radius 2 is 2.11 bits per heavy atom. The highest BCUT2D eigenvalue weighted by atomic mass is 79.9. The molecule has 0 amide bonds. The summed E-state index contributed by atoms with van der Waals surface area (Å²) in [6, 6.07) is 7.65. The Morgan fingerprint density at radius 3 is 2.72 bits per heavy atom. The smallest absolute Gasteiger partial charge is 0.133 e. The number of hydrogen-bond acceptors (Lipinski definition) is 3. The molecule has 1 aromatic heterocycles. The molecule has 1 atom stereocenters. The second-order valence-electron chi connectivity index (χ2n) is 4.10. The minimum atomic E-state index is -0.180. The van der Waals surface area contributed by atoms with Crippen LogP contribution in [0.4, 0.5) is 0 Å². The number of halogens is 1. The van der Waals surface area contributed by atoms with Crippen LogP contribution >= 0.6 is 15.9 Å². The van der Waals surface area contributed by atoms with Crippen molar-refractivity contribution >= 4 is 15.9 Å². The van der Waals surface area contributed by atoms with Gasteiger partial charge in [0.1, 0.15) is 5.75 Å². The summed E-state index contributed by atoms with van der Waals surface area (Å²) in [7, 11) is 1.64. The maximum Gasteiger partial charge on any atom is 0.133 e. The quantitative estimate of drug-likeness (QED) is 0.947. The van der Waals surface area contributed by atoms with Gasteiger partial charge in [-0.1, -0.05) is 6.07 Å². The normalized spacial score (nSPS) is 12.2. The molecule has 0 saturated heterocycles. The molecule has 2 aromatic rings. The fraction of sp³-hybridized carbons (Fsp3) is 0.214. The molecule has 3 nitrogen and oxygen atoms in total. The van der Waals surface area contributed by atoms with E-state index in [1.165, 1.54) is 0 Å². The number of nitrogens with zero attached hydrogens (tertiary/aromatic N) is 1. The number of methoxy groups -OCH3 is 1. The first kappa shape index (κ1) is 13.1. The molecule has 0 aliphatic carbocycles. The third-order valence-electron chi connectivity index (χ3n) is 2.95. The summed E-state index contributed by atoms with van der Waals surface area (Å²) in [4.78, 5) is 4.13. The van der Waals surface area contributed by atoms with E-state index in [0.29, 0.717) is 0 Å². The van der Waals surface area contributed by atoms with Crippen molar-refractivity contribution in [2.75, 3.05) is 7.11 Å². The molecule has 0 bridgehead atoms. The van der Waals surface area contributed by atoms with Gasteiger partial charge in [0, 0.05) is 12.4 Å². The van der Waals surface area contributed by atoms with Gasteiger partial charge in [0.2, 0.25) is 0 Å². The topological polar surface area (TPSA) is 48.1 Å². The van der Waals surface area contributed by atoms with Gasteiger partial charge >= 0.3 is 0 Å². The zero-order valence-electron chi connectivity index (χ0n) is 10.4. The van der Waals surface area contributed by atoms with Gasteiger partial charge in [-0.05, 0) is 57.7 Å². The number of hydrogen-bond donors (Lipinski definition) is 1. The summed E-state index contributed by atoms with van der Waals surface area (Å²) in [6.45, 7) is 2.04. The number of aryl methyl sites for hydroxylation is 1. The van der Waals surface area contributed by atoms with Crippen LogP contribution in [0.25, 0.3) is 0 Å². The first-order valence-corrected chi connectivity index (χ1v) is 6.42. The van der Waals surface area contributed by atoms with Gasteiger partial charge in [-0.2, -0.15) is 0 Å². The van der Waals surface area contributed by atoms with E-state index in [2.05, 4.69) is 20.9 Å². The highest BCUT2D eigenvalue weighted by molar-refractivity contribution is 9.10. The van der Waals surface area contributed by atoms with Gasteiger partial charge in [0.05, 0.1) is 17.6 Å². The van der Waals surface area contributed by atoms with E-state index in [9.17, 15) is 0 Å². The van der Waals surface area contributed by atoms with E-state index >= 15 is 0 Å². The second kappa shape index (κ2) is 5.50. The lowest BCUT2D eigenvalue weighted by molar-refractivity contribution is 0.412. The van der Waals surface area contributed by atoms with Crippen molar-refractivity contribution in [1.29, 1.82) is 0 Å². The number of nitrogens with two attached hydrogens (primary N) is 1. The highest BCUT2D eigenvalue weighted by Gasteiger charge is 2.13. The van der Waals surface area contributed by atoms with E-state index in [0.717, 1.165) is 26.9 Å². The van der Waals surface area contributed by atoms with Crippen LogP contribution in [0.2, 0.25) is 0 Å². The van der Waals surface area contributed by atoms with Crippen molar-refractivity contribution in [3.8, 4) is 5.75 Å². The van der Waals surface area contributed by atoms with Gasteiger partial charge < -0.3 is 10.5 Å². The summed E-state index contributed by atoms with van der Waals surface area (Å²) in [5.41, 5.74) is 9.48. The van der Waals surface area contributed by atoms with E-state index < -0.39 is 0 Å². The third kappa shape index (κ3) is 2.54. The standard InChI is InChI=1S/C14H15BrN2O/c1-9-5-6-17-8-11(9)14(16)10-3-4-13(18-2)12(15)7-10/h3-8,14H,16H2,1-2H3. The lowest BCUT2D eigenvalue weighted by atomic mass is 9.98. The van der Waals surface area contributed by atoms with Crippen LogP contribution < -0.4 is 10.5 Å². The van der Waals surface area contributed by atoms with Gasteiger partial charge in [0.25, 0.3) is 0 Å². The molecule has 0 spiro atoms. The molecule has 0 fully saturated rings. The maximum absolute atomic E-state index is 6.28. The van der Waals surface area contributed by atoms with Crippen LogP contribution in [-0.4, -0.2) is 12.1 Å². The Labute approximate surface area is 115 Å². The fourth-order valence-corrected chi connectivity index (χ4v) is 2.42. The number of ether oxygens (including phenoxy) is 1. The first-order valence-electron chi connectivity index (χ1n) is 5.63. The number of pyridine rings is 1. The van der Waals surface area contributed by atoms with E-state index in [1.807, 2.05) is 37.4 Å². The molecule has 2 N–H and O–H groups in total. The summed E-state index contributed by atoms with van der Waals surface area (Å²) >= 11 is 3.47. The average molecular weight is 307 g/mol. The van der Waals surface area contributed by atoms with Crippen LogP contribution in [0.5, 0.6) is 5.75 Å². The minimum Gasteiger partial charge on any atom is -0.496 e. The third-order valence-corrected chi connectivity index (χ3v) is 3.57. The number of benzene rings is 1. The first-order chi connectivity index (χ1) is 8.63. The molecule has 2 rings (SSSR count). The molecule has 0 radical (unpaired) electrons. The number of rotatable bonds is 3. The van der Waals surface area contributed by atoms with Crippen LogP contribution in [-0.2, 0) is 0 Å². The Balaban J connectivity index is 2.37. The molecule has 0 saturated carbocycles. The maximum atomic E-state index is 6.28. The second-order valence-corrected chi connectivity index (χ2v) is 4.96. The predicted molar refractivity (Wildman–Crippen MR) is 75.7 cm³/mol.